The summed E-state index contributed by atoms with van der Waals surface area (Å²) in [7, 11) is -3.79. The molecule has 1 atom stereocenters. The minimum atomic E-state index is -3.79. The lowest BCUT2D eigenvalue weighted by atomic mass is 9.89. The van der Waals surface area contributed by atoms with Crippen molar-refractivity contribution >= 4 is 27.8 Å². The highest BCUT2D eigenvalue weighted by Gasteiger charge is 2.48. The van der Waals surface area contributed by atoms with Crippen LogP contribution in [0.25, 0.3) is 6.08 Å². The first kappa shape index (κ1) is 28.9. The number of sulfonamides is 1. The Balaban J connectivity index is 1.21. The number of aliphatic hydroxyl groups is 2. The second-order valence-corrected chi connectivity index (χ2v) is 11.8. The number of fused-ring (bicyclic) bond motifs is 1. The Morgan fingerprint density at radius 1 is 1.17 bits per heavy atom. The second-order valence-electron chi connectivity index (χ2n) is 10.0. The first-order valence-electron chi connectivity index (χ1n) is 12.9. The van der Waals surface area contributed by atoms with E-state index in [0.717, 1.165) is 11.0 Å². The third-order valence-corrected chi connectivity index (χ3v) is 8.72. The van der Waals surface area contributed by atoms with Gasteiger partial charge in [0.25, 0.3) is 5.91 Å². The lowest BCUT2D eigenvalue weighted by molar-refractivity contribution is -0.286. The fraction of sp³-hybridized carbons (Fsp3) is 0.407. The molecule has 14 heteroatoms. The number of hydrogen-bond acceptors (Lipinski definition) is 9. The number of nitrogens with zero attached hydrogens (tertiary/aromatic N) is 2. The number of piperidine rings is 1. The van der Waals surface area contributed by atoms with Gasteiger partial charge < -0.3 is 29.7 Å². The molecule has 0 saturated carbocycles. The molecule has 3 heterocycles. The molecule has 220 valence electrons. The number of carbonyl (C=O) groups excluding carboxylic acids is 1. The van der Waals surface area contributed by atoms with Gasteiger partial charge in [0, 0.05) is 30.5 Å². The first-order valence-corrected chi connectivity index (χ1v) is 14.4. The number of ether oxygens (including phenoxy) is 3. The van der Waals surface area contributed by atoms with E-state index < -0.39 is 28.0 Å². The van der Waals surface area contributed by atoms with Crippen LogP contribution in [0.3, 0.4) is 0 Å². The van der Waals surface area contributed by atoms with E-state index in [9.17, 15) is 27.1 Å². The number of alkyl halides is 2. The molecule has 11 nitrogen and oxygen atoms in total. The van der Waals surface area contributed by atoms with Crippen LogP contribution in [0.2, 0.25) is 0 Å². The molecule has 0 aromatic heterocycles. The van der Waals surface area contributed by atoms with Crippen LogP contribution in [-0.2, 0) is 14.8 Å². The molecule has 3 aliphatic rings. The Bertz CT molecular complexity index is 1500. The Labute approximate surface area is 235 Å². The standard InChI is InChI=1S/C27H29F2N3O8S/c1-17-14-21(38-12-6-20(34)16-33)4-2-18(17)7-13-41(36,37)32-10-8-26(9-11-32)25(35)30-24(31-26)19-3-5-22-23(15-19)40-27(28,29)39-22/h2-5,7,13-15,20,33-34H,6,8-12,16H2,1H3,(H,30,31,35)/b13-7+. The van der Waals surface area contributed by atoms with Crippen molar-refractivity contribution in [3.63, 3.8) is 0 Å². The number of amidine groups is 1. The number of benzene rings is 2. The van der Waals surface area contributed by atoms with Gasteiger partial charge >= 0.3 is 6.29 Å². The molecule has 2 aromatic rings. The van der Waals surface area contributed by atoms with Crippen LogP contribution in [0.5, 0.6) is 17.2 Å². The maximum absolute atomic E-state index is 13.4. The van der Waals surface area contributed by atoms with Crippen LogP contribution in [0, 0.1) is 6.92 Å². The van der Waals surface area contributed by atoms with Crippen molar-refractivity contribution in [1.82, 2.24) is 9.62 Å². The van der Waals surface area contributed by atoms with Gasteiger partial charge in [-0.2, -0.15) is 4.31 Å². The number of aliphatic hydroxyl groups excluding tert-OH is 2. The van der Waals surface area contributed by atoms with Gasteiger partial charge in [0.15, 0.2) is 11.5 Å². The zero-order valence-corrected chi connectivity index (χ0v) is 22.9. The summed E-state index contributed by atoms with van der Waals surface area (Å²) in [5, 5.41) is 22.1. The predicted molar refractivity (Wildman–Crippen MR) is 143 cm³/mol. The number of hydrogen-bond donors (Lipinski definition) is 3. The molecule has 0 aliphatic carbocycles. The third-order valence-electron chi connectivity index (χ3n) is 7.16. The summed E-state index contributed by atoms with van der Waals surface area (Å²) in [6.45, 7) is 1.82. The van der Waals surface area contributed by atoms with Crippen LogP contribution in [0.1, 0.15) is 36.0 Å². The van der Waals surface area contributed by atoms with Crippen molar-refractivity contribution in [3.8, 4) is 17.2 Å². The number of aryl methyl sites for hydroxylation is 1. The van der Waals surface area contributed by atoms with Gasteiger partial charge in [0.1, 0.15) is 17.1 Å². The average molecular weight is 594 g/mol. The van der Waals surface area contributed by atoms with Crippen LogP contribution in [0.15, 0.2) is 46.8 Å². The SMILES string of the molecule is Cc1cc(OCCC(O)CO)ccc1/C=C/S(=O)(=O)N1CCC2(CC1)N=C(c1ccc3c(c1)OC(F)(F)O3)NC2=O. The number of nitrogens with one attached hydrogen (secondary N) is 1. The molecule has 2 aromatic carbocycles. The van der Waals surface area contributed by atoms with E-state index in [1.807, 2.05) is 6.92 Å². The summed E-state index contributed by atoms with van der Waals surface area (Å²) in [4.78, 5) is 17.5. The number of carbonyl (C=O) groups is 1. The van der Waals surface area contributed by atoms with Crippen molar-refractivity contribution in [1.29, 1.82) is 0 Å². The molecule has 1 amide bonds. The predicted octanol–water partition coefficient (Wildman–Crippen LogP) is 2.15. The van der Waals surface area contributed by atoms with Gasteiger partial charge in [-0.1, -0.05) is 6.07 Å². The largest absolute Gasteiger partial charge is 0.586 e. The lowest BCUT2D eigenvalue weighted by Gasteiger charge is -2.34. The molecule has 0 bridgehead atoms. The van der Waals surface area contributed by atoms with E-state index in [0.29, 0.717) is 16.9 Å². The smallest absolute Gasteiger partial charge is 0.493 e. The Hall–Kier alpha value is -3.59. The zero-order chi connectivity index (χ0) is 29.4. The van der Waals surface area contributed by atoms with E-state index in [2.05, 4.69) is 19.8 Å². The zero-order valence-electron chi connectivity index (χ0n) is 22.0. The fourth-order valence-corrected chi connectivity index (χ4v) is 5.96. The van der Waals surface area contributed by atoms with Crippen molar-refractivity contribution in [2.75, 3.05) is 26.3 Å². The van der Waals surface area contributed by atoms with E-state index in [4.69, 9.17) is 9.84 Å². The molecule has 1 fully saturated rings. The van der Waals surface area contributed by atoms with Gasteiger partial charge in [-0.3, -0.25) is 9.79 Å². The van der Waals surface area contributed by atoms with Gasteiger partial charge in [-0.25, -0.2) is 8.42 Å². The van der Waals surface area contributed by atoms with E-state index in [1.54, 1.807) is 18.2 Å². The third kappa shape index (κ3) is 6.20. The molecule has 3 aliphatic heterocycles. The highest BCUT2D eigenvalue weighted by Crippen LogP contribution is 2.42. The monoisotopic (exact) mass is 593 g/mol. The molecular formula is C27H29F2N3O8S. The summed E-state index contributed by atoms with van der Waals surface area (Å²) in [6, 6.07) is 9.26. The van der Waals surface area contributed by atoms with Crippen LogP contribution < -0.4 is 19.5 Å². The second kappa shape index (κ2) is 11.0. The van der Waals surface area contributed by atoms with E-state index >= 15 is 0 Å². The quantitative estimate of drug-likeness (QED) is 0.401. The van der Waals surface area contributed by atoms with Crippen molar-refractivity contribution in [3.05, 3.63) is 58.5 Å². The average Bonchev–Trinajstić information content (AvgIpc) is 3.41. The number of aliphatic imine (C=N–C) groups is 1. The van der Waals surface area contributed by atoms with Crippen LogP contribution >= 0.6 is 0 Å². The Kier molecular flexibility index (Phi) is 7.76. The lowest BCUT2D eigenvalue weighted by Crippen LogP contribution is -2.50. The highest BCUT2D eigenvalue weighted by molar-refractivity contribution is 7.92. The summed E-state index contributed by atoms with van der Waals surface area (Å²) in [6.07, 6.45) is -2.55. The minimum absolute atomic E-state index is 0.0652. The topological polar surface area (TPSA) is 147 Å². The molecule has 1 saturated heterocycles. The van der Waals surface area contributed by atoms with Gasteiger partial charge in [-0.05, 0) is 67.3 Å². The van der Waals surface area contributed by atoms with Crippen LogP contribution in [0.4, 0.5) is 8.78 Å². The summed E-state index contributed by atoms with van der Waals surface area (Å²) in [5.41, 5.74) is 0.662. The number of rotatable bonds is 9. The molecule has 3 N–H and O–H groups in total. The summed E-state index contributed by atoms with van der Waals surface area (Å²) in [5.74, 6) is 0.0717. The highest BCUT2D eigenvalue weighted by atomic mass is 32.2. The fourth-order valence-electron chi connectivity index (χ4n) is 4.77. The number of amides is 1. The molecule has 41 heavy (non-hydrogen) atoms. The Morgan fingerprint density at radius 3 is 2.61 bits per heavy atom. The summed E-state index contributed by atoms with van der Waals surface area (Å²) >= 11 is 0. The molecule has 1 unspecified atom stereocenters. The molecule has 0 radical (unpaired) electrons. The first-order chi connectivity index (χ1) is 19.4. The van der Waals surface area contributed by atoms with Gasteiger partial charge in [-0.15, -0.1) is 8.78 Å². The molecular weight excluding hydrogens is 564 g/mol. The van der Waals surface area contributed by atoms with Gasteiger partial charge in [0.2, 0.25) is 10.0 Å². The molecule has 5 rings (SSSR count). The van der Waals surface area contributed by atoms with E-state index in [1.165, 1.54) is 28.6 Å². The maximum Gasteiger partial charge on any atom is 0.586 e. The number of halogens is 2. The van der Waals surface area contributed by atoms with Crippen molar-refractivity contribution in [2.24, 2.45) is 4.99 Å². The maximum atomic E-state index is 13.4. The Morgan fingerprint density at radius 2 is 1.90 bits per heavy atom. The minimum Gasteiger partial charge on any atom is -0.493 e. The normalized spacial score (nSPS) is 20.3. The summed E-state index contributed by atoms with van der Waals surface area (Å²) < 4.78 is 68.6. The molecule has 1 spiro atoms. The van der Waals surface area contributed by atoms with Crippen molar-refractivity contribution < 1.29 is 46.4 Å². The van der Waals surface area contributed by atoms with Crippen molar-refractivity contribution in [2.45, 2.75) is 44.1 Å². The van der Waals surface area contributed by atoms with Gasteiger partial charge in [0.05, 0.1) is 19.3 Å². The van der Waals surface area contributed by atoms with Crippen LogP contribution in [-0.4, -0.2) is 78.9 Å². The van der Waals surface area contributed by atoms with E-state index in [-0.39, 0.29) is 68.8 Å².